The number of nitrogens with zero attached hydrogens (tertiary/aromatic N) is 3. The van der Waals surface area contributed by atoms with Crippen LogP contribution in [0.4, 0.5) is 0 Å². The Balaban J connectivity index is 1.53. The van der Waals surface area contributed by atoms with Gasteiger partial charge in [-0.2, -0.15) is 0 Å². The highest BCUT2D eigenvalue weighted by atomic mass is 16.5. The average Bonchev–Trinajstić information content (AvgIpc) is 3.33. The summed E-state index contributed by atoms with van der Waals surface area (Å²) in [7, 11) is 1.71. The third kappa shape index (κ3) is 7.66. The van der Waals surface area contributed by atoms with Gasteiger partial charge in [0.15, 0.2) is 5.96 Å². The van der Waals surface area contributed by atoms with Crippen molar-refractivity contribution in [2.24, 2.45) is 4.99 Å². The van der Waals surface area contributed by atoms with E-state index in [2.05, 4.69) is 39.5 Å². The number of guanidine groups is 1. The van der Waals surface area contributed by atoms with Gasteiger partial charge in [0.2, 0.25) is 0 Å². The van der Waals surface area contributed by atoms with Crippen LogP contribution in [0, 0.1) is 0 Å². The van der Waals surface area contributed by atoms with Crippen molar-refractivity contribution in [1.29, 1.82) is 0 Å². The number of aliphatic hydroxyl groups is 1. The first-order chi connectivity index (χ1) is 15.2. The second kappa shape index (κ2) is 12.9. The van der Waals surface area contributed by atoms with E-state index < -0.39 is 0 Å². The Morgan fingerprint density at radius 1 is 1.13 bits per heavy atom. The molecule has 0 bridgehead atoms. The van der Waals surface area contributed by atoms with Crippen LogP contribution >= 0.6 is 0 Å². The zero-order chi connectivity index (χ0) is 21.9. The van der Waals surface area contributed by atoms with Gasteiger partial charge in [-0.05, 0) is 76.4 Å². The molecule has 3 rings (SSSR count). The van der Waals surface area contributed by atoms with Crippen molar-refractivity contribution in [2.45, 2.75) is 51.2 Å². The van der Waals surface area contributed by atoms with E-state index in [-0.39, 0.29) is 6.10 Å². The topological polar surface area (TPSA) is 72.4 Å². The fourth-order valence-electron chi connectivity index (χ4n) is 4.48. The number of benzene rings is 1. The summed E-state index contributed by atoms with van der Waals surface area (Å²) < 4.78 is 5.33. The van der Waals surface area contributed by atoms with Crippen LogP contribution in [-0.4, -0.2) is 86.4 Å². The zero-order valence-corrected chi connectivity index (χ0v) is 19.4. The van der Waals surface area contributed by atoms with E-state index in [1.165, 1.54) is 18.4 Å². The summed E-state index contributed by atoms with van der Waals surface area (Å²) in [6.07, 6.45) is 5.32. The van der Waals surface area contributed by atoms with Gasteiger partial charge in [0, 0.05) is 26.2 Å². The van der Waals surface area contributed by atoms with Crippen LogP contribution in [0.5, 0.6) is 5.75 Å². The van der Waals surface area contributed by atoms with Gasteiger partial charge in [-0.1, -0.05) is 12.1 Å². The molecular formula is C24H41N5O2. The molecule has 0 aromatic heterocycles. The predicted octanol–water partition coefficient (Wildman–Crippen LogP) is 2.23. The van der Waals surface area contributed by atoms with Gasteiger partial charge in [-0.15, -0.1) is 0 Å². The fraction of sp³-hybridized carbons (Fsp3) is 0.708. The van der Waals surface area contributed by atoms with Crippen LogP contribution in [0.25, 0.3) is 0 Å². The lowest BCUT2D eigenvalue weighted by atomic mass is 10.1. The number of rotatable bonds is 10. The van der Waals surface area contributed by atoms with E-state index in [0.717, 1.165) is 83.3 Å². The molecular weight excluding hydrogens is 390 g/mol. The van der Waals surface area contributed by atoms with Crippen molar-refractivity contribution < 1.29 is 9.84 Å². The van der Waals surface area contributed by atoms with Crippen molar-refractivity contribution in [3.8, 4) is 5.75 Å². The number of ether oxygens (including phenoxy) is 1. The molecule has 1 aromatic carbocycles. The molecule has 0 radical (unpaired) electrons. The maximum absolute atomic E-state index is 9.65. The molecule has 31 heavy (non-hydrogen) atoms. The Morgan fingerprint density at radius 3 is 2.48 bits per heavy atom. The molecule has 7 heteroatoms. The normalized spacial score (nSPS) is 20.0. The third-order valence-corrected chi connectivity index (χ3v) is 6.35. The molecule has 2 heterocycles. The van der Waals surface area contributed by atoms with Gasteiger partial charge >= 0.3 is 0 Å². The van der Waals surface area contributed by atoms with Gasteiger partial charge in [-0.25, -0.2) is 0 Å². The smallest absolute Gasteiger partial charge is 0.191 e. The average molecular weight is 432 g/mol. The van der Waals surface area contributed by atoms with E-state index in [0.29, 0.717) is 6.04 Å². The SMILES string of the molecule is CCNC(=NCC(c1ccc(OC)cc1)N1CCCC1)NCCCN1CCC(O)CC1. The molecule has 2 aliphatic rings. The Kier molecular flexibility index (Phi) is 9.90. The molecule has 2 saturated heterocycles. The van der Waals surface area contributed by atoms with Crippen LogP contribution in [0.15, 0.2) is 29.3 Å². The summed E-state index contributed by atoms with van der Waals surface area (Å²) in [6.45, 7) is 9.98. The molecule has 1 atom stereocenters. The van der Waals surface area contributed by atoms with Crippen molar-refractivity contribution in [3.05, 3.63) is 29.8 Å². The first kappa shape index (κ1) is 23.8. The Morgan fingerprint density at radius 2 is 1.84 bits per heavy atom. The largest absolute Gasteiger partial charge is 0.497 e. The molecule has 3 N–H and O–H groups in total. The lowest BCUT2D eigenvalue weighted by molar-refractivity contribution is 0.0823. The Hall–Kier alpha value is -1.83. The summed E-state index contributed by atoms with van der Waals surface area (Å²) in [6, 6.07) is 8.74. The first-order valence-electron chi connectivity index (χ1n) is 12.0. The molecule has 1 aromatic rings. The molecule has 1 unspecified atom stereocenters. The summed E-state index contributed by atoms with van der Waals surface area (Å²) >= 11 is 0. The van der Waals surface area contributed by atoms with Crippen molar-refractivity contribution in [3.63, 3.8) is 0 Å². The van der Waals surface area contributed by atoms with Crippen LogP contribution in [-0.2, 0) is 0 Å². The lowest BCUT2D eigenvalue weighted by Crippen LogP contribution is -2.41. The highest BCUT2D eigenvalue weighted by Crippen LogP contribution is 2.27. The van der Waals surface area contributed by atoms with Crippen molar-refractivity contribution in [1.82, 2.24) is 20.4 Å². The summed E-state index contributed by atoms with van der Waals surface area (Å²) in [4.78, 5) is 9.95. The molecule has 0 spiro atoms. The molecule has 2 aliphatic heterocycles. The zero-order valence-electron chi connectivity index (χ0n) is 19.4. The summed E-state index contributed by atoms with van der Waals surface area (Å²) in [5.41, 5.74) is 1.30. The molecule has 0 aliphatic carbocycles. The maximum atomic E-state index is 9.65. The minimum absolute atomic E-state index is 0.101. The van der Waals surface area contributed by atoms with Gasteiger partial charge in [0.05, 0.1) is 25.8 Å². The number of aliphatic hydroxyl groups excluding tert-OH is 1. The van der Waals surface area contributed by atoms with E-state index in [9.17, 15) is 5.11 Å². The monoisotopic (exact) mass is 431 g/mol. The highest BCUT2D eigenvalue weighted by molar-refractivity contribution is 5.79. The number of hydrogen-bond donors (Lipinski definition) is 3. The van der Waals surface area contributed by atoms with E-state index in [1.807, 2.05) is 12.1 Å². The maximum Gasteiger partial charge on any atom is 0.191 e. The quantitative estimate of drug-likeness (QED) is 0.300. The first-order valence-corrected chi connectivity index (χ1v) is 12.0. The van der Waals surface area contributed by atoms with Crippen LogP contribution < -0.4 is 15.4 Å². The molecule has 0 saturated carbocycles. The number of piperidine rings is 1. The molecule has 174 valence electrons. The van der Waals surface area contributed by atoms with Gasteiger partial charge in [0.25, 0.3) is 0 Å². The van der Waals surface area contributed by atoms with E-state index >= 15 is 0 Å². The van der Waals surface area contributed by atoms with E-state index in [1.54, 1.807) is 7.11 Å². The van der Waals surface area contributed by atoms with E-state index in [4.69, 9.17) is 9.73 Å². The minimum Gasteiger partial charge on any atom is -0.497 e. The standard InChI is InChI=1S/C24H41N5O2/c1-3-25-24(26-13-6-14-28-17-11-21(30)12-18-28)27-19-23(29-15-4-5-16-29)20-7-9-22(31-2)10-8-20/h7-10,21,23,30H,3-6,11-19H2,1-2H3,(H2,25,26,27). The second-order valence-electron chi connectivity index (χ2n) is 8.60. The molecule has 0 amide bonds. The molecule has 7 nitrogen and oxygen atoms in total. The number of methoxy groups -OCH3 is 1. The number of aliphatic imine (C=N–C) groups is 1. The summed E-state index contributed by atoms with van der Waals surface area (Å²) in [5, 5.41) is 16.6. The van der Waals surface area contributed by atoms with Gasteiger partial charge in [-0.3, -0.25) is 9.89 Å². The van der Waals surface area contributed by atoms with Crippen molar-refractivity contribution >= 4 is 5.96 Å². The van der Waals surface area contributed by atoms with Crippen LogP contribution in [0.1, 0.15) is 50.6 Å². The number of hydrogen-bond acceptors (Lipinski definition) is 5. The minimum atomic E-state index is -0.101. The summed E-state index contributed by atoms with van der Waals surface area (Å²) in [5.74, 6) is 1.79. The Labute approximate surface area is 187 Å². The van der Waals surface area contributed by atoms with Gasteiger partial charge in [0.1, 0.15) is 5.75 Å². The highest BCUT2D eigenvalue weighted by Gasteiger charge is 2.23. The van der Waals surface area contributed by atoms with Crippen molar-refractivity contribution in [2.75, 3.05) is 59.5 Å². The molecule has 2 fully saturated rings. The lowest BCUT2D eigenvalue weighted by Gasteiger charge is -2.29. The number of nitrogens with one attached hydrogen (secondary N) is 2. The fourth-order valence-corrected chi connectivity index (χ4v) is 4.48. The van der Waals surface area contributed by atoms with Crippen LogP contribution in [0.3, 0.4) is 0 Å². The second-order valence-corrected chi connectivity index (χ2v) is 8.60. The number of likely N-dealkylation sites (tertiary alicyclic amines) is 2. The predicted molar refractivity (Wildman–Crippen MR) is 127 cm³/mol. The third-order valence-electron chi connectivity index (χ3n) is 6.35. The Bertz CT molecular complexity index is 652. The van der Waals surface area contributed by atoms with Gasteiger partial charge < -0.3 is 25.4 Å². The van der Waals surface area contributed by atoms with Crippen LogP contribution in [0.2, 0.25) is 0 Å².